The van der Waals surface area contributed by atoms with Gasteiger partial charge in [-0.3, -0.25) is 9.59 Å². The van der Waals surface area contributed by atoms with Crippen molar-refractivity contribution in [2.75, 3.05) is 26.2 Å². The van der Waals surface area contributed by atoms with E-state index < -0.39 is 0 Å². The summed E-state index contributed by atoms with van der Waals surface area (Å²) in [6, 6.07) is 7.93. The third-order valence-corrected chi connectivity index (χ3v) is 5.14. The van der Waals surface area contributed by atoms with Crippen molar-refractivity contribution in [3.05, 3.63) is 35.4 Å². The molecule has 0 saturated carbocycles. The van der Waals surface area contributed by atoms with Crippen molar-refractivity contribution >= 4 is 24.2 Å². The first-order valence-corrected chi connectivity index (χ1v) is 9.00. The highest BCUT2D eigenvalue weighted by Gasteiger charge is 2.27. The number of nitrogens with zero attached hydrogens (tertiary/aromatic N) is 1. The Kier molecular flexibility index (Phi) is 7.26. The SMILES string of the molecule is Cc1ccc(C(=O)N2CCC(NC(=O)C3CCNCC3)CC2)cc1.Cl. The smallest absolute Gasteiger partial charge is 0.253 e. The van der Waals surface area contributed by atoms with Gasteiger partial charge in [0.05, 0.1) is 0 Å². The first-order valence-electron chi connectivity index (χ1n) is 9.00. The molecule has 2 fully saturated rings. The Hall–Kier alpha value is -1.59. The Morgan fingerprint density at radius 3 is 2.24 bits per heavy atom. The minimum atomic E-state index is 0. The van der Waals surface area contributed by atoms with E-state index in [-0.39, 0.29) is 36.2 Å². The molecule has 2 heterocycles. The normalized spacial score (nSPS) is 19.2. The molecule has 0 aliphatic carbocycles. The van der Waals surface area contributed by atoms with Crippen LogP contribution in [-0.4, -0.2) is 48.9 Å². The number of nitrogens with one attached hydrogen (secondary N) is 2. The molecule has 1 aromatic rings. The largest absolute Gasteiger partial charge is 0.353 e. The van der Waals surface area contributed by atoms with Crippen LogP contribution in [-0.2, 0) is 4.79 Å². The number of hydrogen-bond donors (Lipinski definition) is 2. The van der Waals surface area contributed by atoms with Crippen LogP contribution in [0.3, 0.4) is 0 Å². The van der Waals surface area contributed by atoms with Gasteiger partial charge < -0.3 is 15.5 Å². The molecule has 138 valence electrons. The molecule has 2 N–H and O–H groups in total. The van der Waals surface area contributed by atoms with Gasteiger partial charge in [-0.1, -0.05) is 17.7 Å². The monoisotopic (exact) mass is 365 g/mol. The van der Waals surface area contributed by atoms with Crippen LogP contribution < -0.4 is 10.6 Å². The van der Waals surface area contributed by atoms with E-state index in [0.717, 1.165) is 49.9 Å². The summed E-state index contributed by atoms with van der Waals surface area (Å²) >= 11 is 0. The summed E-state index contributed by atoms with van der Waals surface area (Å²) in [7, 11) is 0. The third kappa shape index (κ3) is 5.19. The standard InChI is InChI=1S/C19H27N3O2.ClH/c1-14-2-4-16(5-3-14)19(24)22-12-8-17(9-13-22)21-18(23)15-6-10-20-11-7-15;/h2-5,15,17,20H,6-13H2,1H3,(H,21,23);1H. The highest BCUT2D eigenvalue weighted by molar-refractivity contribution is 5.94. The second-order valence-corrected chi connectivity index (χ2v) is 6.97. The van der Waals surface area contributed by atoms with Crippen LogP contribution in [0.4, 0.5) is 0 Å². The second-order valence-electron chi connectivity index (χ2n) is 6.97. The number of carbonyl (C=O) groups excluding carboxylic acids is 2. The summed E-state index contributed by atoms with van der Waals surface area (Å²) in [4.78, 5) is 26.7. The van der Waals surface area contributed by atoms with E-state index in [1.807, 2.05) is 36.1 Å². The van der Waals surface area contributed by atoms with E-state index in [2.05, 4.69) is 10.6 Å². The summed E-state index contributed by atoms with van der Waals surface area (Å²) in [5.41, 5.74) is 1.91. The second kappa shape index (κ2) is 9.20. The average Bonchev–Trinajstić information content (AvgIpc) is 2.63. The number of likely N-dealkylation sites (tertiary alicyclic amines) is 1. The van der Waals surface area contributed by atoms with Crippen LogP contribution in [0.15, 0.2) is 24.3 Å². The molecule has 0 aromatic heterocycles. The number of hydrogen-bond acceptors (Lipinski definition) is 3. The fourth-order valence-corrected chi connectivity index (χ4v) is 3.51. The number of amides is 2. The van der Waals surface area contributed by atoms with Gasteiger partial charge in [-0.15, -0.1) is 12.4 Å². The van der Waals surface area contributed by atoms with E-state index in [1.165, 1.54) is 0 Å². The lowest BCUT2D eigenvalue weighted by Crippen LogP contribution is -2.48. The van der Waals surface area contributed by atoms with Gasteiger partial charge >= 0.3 is 0 Å². The molecule has 3 rings (SSSR count). The van der Waals surface area contributed by atoms with Crippen LogP contribution >= 0.6 is 12.4 Å². The van der Waals surface area contributed by atoms with Crippen molar-refractivity contribution in [3.8, 4) is 0 Å². The molecule has 2 amide bonds. The number of halogens is 1. The lowest BCUT2D eigenvalue weighted by atomic mass is 9.95. The van der Waals surface area contributed by atoms with Crippen molar-refractivity contribution in [3.63, 3.8) is 0 Å². The number of benzene rings is 1. The molecule has 2 aliphatic heterocycles. The average molecular weight is 366 g/mol. The van der Waals surface area contributed by atoms with Gasteiger partial charge in [0.2, 0.25) is 5.91 Å². The number of carbonyl (C=O) groups is 2. The predicted molar refractivity (Wildman–Crippen MR) is 101 cm³/mol. The Balaban J connectivity index is 0.00000225. The molecule has 0 unspecified atom stereocenters. The summed E-state index contributed by atoms with van der Waals surface area (Å²) < 4.78 is 0. The Morgan fingerprint density at radius 2 is 1.64 bits per heavy atom. The molecule has 0 atom stereocenters. The zero-order chi connectivity index (χ0) is 16.9. The Morgan fingerprint density at radius 1 is 1.04 bits per heavy atom. The molecule has 1 aromatic carbocycles. The first kappa shape index (κ1) is 19.7. The lowest BCUT2D eigenvalue weighted by Gasteiger charge is -2.33. The van der Waals surface area contributed by atoms with Crippen LogP contribution in [0.5, 0.6) is 0 Å². The summed E-state index contributed by atoms with van der Waals surface area (Å²) in [5, 5.41) is 6.48. The Labute approximate surface area is 155 Å². The zero-order valence-electron chi connectivity index (χ0n) is 14.8. The van der Waals surface area contributed by atoms with Crippen molar-refractivity contribution in [1.29, 1.82) is 0 Å². The quantitative estimate of drug-likeness (QED) is 0.862. The van der Waals surface area contributed by atoms with Gasteiger partial charge in [0, 0.05) is 30.6 Å². The maximum Gasteiger partial charge on any atom is 0.253 e. The van der Waals surface area contributed by atoms with Gasteiger partial charge in [0.1, 0.15) is 0 Å². The maximum atomic E-state index is 12.5. The molecule has 0 spiro atoms. The van der Waals surface area contributed by atoms with Gasteiger partial charge in [-0.05, 0) is 57.8 Å². The van der Waals surface area contributed by atoms with Crippen molar-refractivity contribution in [2.45, 2.75) is 38.6 Å². The van der Waals surface area contributed by atoms with E-state index >= 15 is 0 Å². The summed E-state index contributed by atoms with van der Waals surface area (Å²) in [6.45, 7) is 5.31. The van der Waals surface area contributed by atoms with E-state index in [0.29, 0.717) is 13.1 Å². The molecular formula is C19H28ClN3O2. The fraction of sp³-hybridized carbons (Fsp3) is 0.579. The number of aryl methyl sites for hydroxylation is 1. The first-order chi connectivity index (χ1) is 11.6. The number of rotatable bonds is 3. The molecule has 2 saturated heterocycles. The molecule has 5 nitrogen and oxygen atoms in total. The molecule has 25 heavy (non-hydrogen) atoms. The highest BCUT2D eigenvalue weighted by Crippen LogP contribution is 2.17. The van der Waals surface area contributed by atoms with Crippen LogP contribution in [0.2, 0.25) is 0 Å². The lowest BCUT2D eigenvalue weighted by molar-refractivity contribution is -0.126. The fourth-order valence-electron chi connectivity index (χ4n) is 3.51. The number of piperidine rings is 2. The Bertz CT molecular complexity index is 577. The van der Waals surface area contributed by atoms with Gasteiger partial charge in [0.25, 0.3) is 5.91 Å². The zero-order valence-corrected chi connectivity index (χ0v) is 15.6. The van der Waals surface area contributed by atoms with Crippen molar-refractivity contribution < 1.29 is 9.59 Å². The maximum absolute atomic E-state index is 12.5. The van der Waals surface area contributed by atoms with Crippen molar-refractivity contribution in [2.24, 2.45) is 5.92 Å². The van der Waals surface area contributed by atoms with E-state index in [4.69, 9.17) is 0 Å². The van der Waals surface area contributed by atoms with E-state index in [1.54, 1.807) is 0 Å². The minimum absolute atomic E-state index is 0. The van der Waals surface area contributed by atoms with Crippen LogP contribution in [0.25, 0.3) is 0 Å². The molecule has 2 aliphatic rings. The van der Waals surface area contributed by atoms with Gasteiger partial charge in [-0.25, -0.2) is 0 Å². The van der Waals surface area contributed by atoms with Crippen molar-refractivity contribution in [1.82, 2.24) is 15.5 Å². The van der Waals surface area contributed by atoms with E-state index in [9.17, 15) is 9.59 Å². The molecule has 0 radical (unpaired) electrons. The summed E-state index contributed by atoms with van der Waals surface area (Å²) in [5.74, 6) is 0.441. The van der Waals surface area contributed by atoms with Gasteiger partial charge in [-0.2, -0.15) is 0 Å². The van der Waals surface area contributed by atoms with Crippen LogP contribution in [0, 0.1) is 12.8 Å². The topological polar surface area (TPSA) is 61.4 Å². The summed E-state index contributed by atoms with van der Waals surface area (Å²) in [6.07, 6.45) is 3.54. The highest BCUT2D eigenvalue weighted by atomic mass is 35.5. The molecule has 0 bridgehead atoms. The molecular weight excluding hydrogens is 338 g/mol. The van der Waals surface area contributed by atoms with Gasteiger partial charge in [0.15, 0.2) is 0 Å². The predicted octanol–water partition coefficient (Wildman–Crippen LogP) is 2.14. The van der Waals surface area contributed by atoms with Crippen LogP contribution in [0.1, 0.15) is 41.6 Å². The third-order valence-electron chi connectivity index (χ3n) is 5.14. The molecule has 6 heteroatoms. The minimum Gasteiger partial charge on any atom is -0.353 e.